The highest BCUT2D eigenvalue weighted by Gasteiger charge is 2.19. The Bertz CT molecular complexity index is 720. The minimum absolute atomic E-state index is 0.732. The molecule has 2 aromatic carbocycles. The van der Waals surface area contributed by atoms with Gasteiger partial charge in [0.1, 0.15) is 0 Å². The van der Waals surface area contributed by atoms with Crippen molar-refractivity contribution in [3.05, 3.63) is 70.7 Å². The summed E-state index contributed by atoms with van der Waals surface area (Å²) in [4.78, 5) is 0. The Morgan fingerprint density at radius 1 is 1.17 bits per heavy atom. The molecule has 0 unspecified atom stereocenters. The van der Waals surface area contributed by atoms with Crippen LogP contribution in [0.1, 0.15) is 18.1 Å². The maximum atomic E-state index is 5.92. The molecule has 1 aliphatic heterocycles. The van der Waals surface area contributed by atoms with E-state index in [4.69, 9.17) is 11.6 Å². The molecule has 1 heterocycles. The molecule has 23 heavy (non-hydrogen) atoms. The molecule has 4 nitrogen and oxygen atoms in total. The van der Waals surface area contributed by atoms with Gasteiger partial charge in [-0.1, -0.05) is 54.1 Å². The summed E-state index contributed by atoms with van der Waals surface area (Å²) in [6.45, 7) is 4.73. The Balaban J connectivity index is 1.71. The summed E-state index contributed by atoms with van der Waals surface area (Å²) in [5.41, 5.74) is 6.41. The van der Waals surface area contributed by atoms with Gasteiger partial charge >= 0.3 is 5.96 Å². The lowest BCUT2D eigenvalue weighted by atomic mass is 10.1. The molecule has 118 valence electrons. The molecule has 2 N–H and O–H groups in total. The van der Waals surface area contributed by atoms with Gasteiger partial charge in [-0.05, 0) is 30.2 Å². The SMILES string of the molecule is C/C(=N/NC1=[N+](Cc2ccccc2)CCN1)c1ccc(Cl)cc1. The van der Waals surface area contributed by atoms with Crippen LogP contribution in [0.5, 0.6) is 0 Å². The van der Waals surface area contributed by atoms with Gasteiger partial charge in [-0.3, -0.25) is 9.89 Å². The van der Waals surface area contributed by atoms with Gasteiger partial charge in [-0.25, -0.2) is 0 Å². The van der Waals surface area contributed by atoms with Crippen molar-refractivity contribution >= 4 is 23.3 Å². The van der Waals surface area contributed by atoms with E-state index in [0.717, 1.165) is 41.9 Å². The van der Waals surface area contributed by atoms with E-state index in [2.05, 4.69) is 44.7 Å². The van der Waals surface area contributed by atoms with Crippen molar-refractivity contribution in [1.29, 1.82) is 0 Å². The van der Waals surface area contributed by atoms with Crippen LogP contribution in [-0.2, 0) is 6.54 Å². The molecule has 0 amide bonds. The summed E-state index contributed by atoms with van der Waals surface area (Å²) in [7, 11) is 0. The molecule has 0 radical (unpaired) electrons. The maximum Gasteiger partial charge on any atom is 0.370 e. The molecule has 1 aliphatic rings. The number of nitrogens with one attached hydrogen (secondary N) is 2. The van der Waals surface area contributed by atoms with E-state index >= 15 is 0 Å². The van der Waals surface area contributed by atoms with E-state index in [1.54, 1.807) is 0 Å². The van der Waals surface area contributed by atoms with Crippen molar-refractivity contribution in [2.24, 2.45) is 5.10 Å². The van der Waals surface area contributed by atoms with E-state index in [1.165, 1.54) is 5.56 Å². The third kappa shape index (κ3) is 4.11. The number of guanidine groups is 1. The van der Waals surface area contributed by atoms with Crippen LogP contribution in [0.3, 0.4) is 0 Å². The van der Waals surface area contributed by atoms with Crippen LogP contribution >= 0.6 is 11.6 Å². The Hall–Kier alpha value is -2.33. The third-order valence-electron chi connectivity index (χ3n) is 3.80. The molecule has 3 rings (SSSR count). The van der Waals surface area contributed by atoms with Gasteiger partial charge in [-0.2, -0.15) is 5.43 Å². The zero-order valence-corrected chi connectivity index (χ0v) is 13.8. The molecule has 0 spiro atoms. The van der Waals surface area contributed by atoms with E-state index in [1.807, 2.05) is 37.3 Å². The summed E-state index contributed by atoms with van der Waals surface area (Å²) in [5.74, 6) is 0.946. The molecule has 0 saturated heterocycles. The van der Waals surface area contributed by atoms with Crippen LogP contribution in [0.15, 0.2) is 59.7 Å². The van der Waals surface area contributed by atoms with Crippen LogP contribution in [0.2, 0.25) is 5.02 Å². The van der Waals surface area contributed by atoms with Crippen molar-refractivity contribution in [3.8, 4) is 0 Å². The molecule has 0 saturated carbocycles. The second-order valence-corrected chi connectivity index (χ2v) is 5.93. The van der Waals surface area contributed by atoms with Gasteiger partial charge in [0.15, 0.2) is 0 Å². The van der Waals surface area contributed by atoms with E-state index in [-0.39, 0.29) is 0 Å². The topological polar surface area (TPSA) is 39.4 Å². The third-order valence-corrected chi connectivity index (χ3v) is 4.05. The van der Waals surface area contributed by atoms with Crippen molar-refractivity contribution in [2.45, 2.75) is 13.5 Å². The first kappa shape index (κ1) is 15.6. The minimum Gasteiger partial charge on any atom is -0.273 e. The first-order valence-electron chi connectivity index (χ1n) is 7.68. The van der Waals surface area contributed by atoms with E-state index in [9.17, 15) is 0 Å². The second kappa shape index (κ2) is 7.29. The first-order chi connectivity index (χ1) is 11.2. The lowest BCUT2D eigenvalue weighted by Crippen LogP contribution is -2.35. The van der Waals surface area contributed by atoms with Crippen molar-refractivity contribution in [3.63, 3.8) is 0 Å². The van der Waals surface area contributed by atoms with Crippen LogP contribution < -0.4 is 10.7 Å². The molecule has 5 heteroatoms. The monoisotopic (exact) mass is 327 g/mol. The summed E-state index contributed by atoms with van der Waals surface area (Å²) in [6, 6.07) is 18.1. The standard InChI is InChI=1S/C18H19ClN4/c1-14(16-7-9-17(19)10-8-16)21-22-18-20-11-12-23(18)13-15-5-3-2-4-6-15/h2-10H,11-13H2,1H3,(H,20,22)/p+1/b21-14-. The first-order valence-corrected chi connectivity index (χ1v) is 8.06. The molecule has 0 fully saturated rings. The summed E-state index contributed by atoms with van der Waals surface area (Å²) in [6.07, 6.45) is 0. The molecule has 0 bridgehead atoms. The van der Waals surface area contributed by atoms with Crippen LogP contribution in [0.25, 0.3) is 0 Å². The van der Waals surface area contributed by atoms with Gasteiger partial charge in [0.2, 0.25) is 0 Å². The van der Waals surface area contributed by atoms with Crippen molar-refractivity contribution in [2.75, 3.05) is 13.1 Å². The second-order valence-electron chi connectivity index (χ2n) is 5.50. The van der Waals surface area contributed by atoms with Gasteiger partial charge < -0.3 is 0 Å². The number of hydrogen-bond acceptors (Lipinski definition) is 3. The lowest BCUT2D eigenvalue weighted by Gasteiger charge is -2.05. The number of nitrogens with zero attached hydrogens (tertiary/aromatic N) is 2. The Morgan fingerprint density at radius 2 is 1.91 bits per heavy atom. The lowest BCUT2D eigenvalue weighted by molar-refractivity contribution is -0.536. The number of hydrogen-bond donors (Lipinski definition) is 2. The average Bonchev–Trinajstić information content (AvgIpc) is 3.01. The van der Waals surface area contributed by atoms with Crippen molar-refractivity contribution in [1.82, 2.24) is 10.7 Å². The molecular formula is C18H20ClN4+. The fourth-order valence-corrected chi connectivity index (χ4v) is 2.62. The normalized spacial score (nSPS) is 14.8. The predicted octanol–water partition coefficient (Wildman–Crippen LogP) is 2.83. The Labute approximate surface area is 141 Å². The molecule has 0 atom stereocenters. The van der Waals surface area contributed by atoms with Gasteiger partial charge in [-0.15, -0.1) is 5.10 Å². The van der Waals surface area contributed by atoms with Crippen LogP contribution in [0.4, 0.5) is 0 Å². The molecule has 0 aromatic heterocycles. The Morgan fingerprint density at radius 3 is 2.65 bits per heavy atom. The molecule has 2 aromatic rings. The summed E-state index contributed by atoms with van der Waals surface area (Å²) in [5, 5.41) is 8.56. The highest BCUT2D eigenvalue weighted by Crippen LogP contribution is 2.10. The summed E-state index contributed by atoms with van der Waals surface area (Å²) < 4.78 is 2.26. The highest BCUT2D eigenvalue weighted by molar-refractivity contribution is 6.30. The van der Waals surface area contributed by atoms with E-state index < -0.39 is 0 Å². The van der Waals surface area contributed by atoms with Gasteiger partial charge in [0.25, 0.3) is 0 Å². The largest absolute Gasteiger partial charge is 0.370 e. The maximum absolute atomic E-state index is 5.92. The summed E-state index contributed by atoms with van der Waals surface area (Å²) >= 11 is 5.92. The van der Waals surface area contributed by atoms with Crippen LogP contribution in [0, 0.1) is 0 Å². The van der Waals surface area contributed by atoms with Crippen LogP contribution in [-0.4, -0.2) is 29.3 Å². The van der Waals surface area contributed by atoms with Gasteiger partial charge in [0.05, 0.1) is 25.3 Å². The Kier molecular flexibility index (Phi) is 4.93. The molecular weight excluding hydrogens is 308 g/mol. The predicted molar refractivity (Wildman–Crippen MR) is 95.1 cm³/mol. The minimum atomic E-state index is 0.732. The average molecular weight is 328 g/mol. The number of rotatable bonds is 4. The highest BCUT2D eigenvalue weighted by atomic mass is 35.5. The zero-order valence-electron chi connectivity index (χ0n) is 13.1. The smallest absolute Gasteiger partial charge is 0.273 e. The van der Waals surface area contributed by atoms with E-state index in [0.29, 0.717) is 0 Å². The number of halogens is 1. The van der Waals surface area contributed by atoms with Crippen molar-refractivity contribution < 1.29 is 4.58 Å². The number of hydrazone groups is 1. The fraction of sp³-hybridized carbons (Fsp3) is 0.222. The van der Waals surface area contributed by atoms with Gasteiger partial charge in [0, 0.05) is 5.02 Å². The molecule has 0 aliphatic carbocycles. The number of benzene rings is 2. The zero-order chi connectivity index (χ0) is 16.1. The fourth-order valence-electron chi connectivity index (χ4n) is 2.50. The quantitative estimate of drug-likeness (QED) is 0.515.